The quantitative estimate of drug-likeness (QED) is 0.664. The zero-order valence-electron chi connectivity index (χ0n) is 14.5. The minimum Gasteiger partial charge on any atom is -0.457 e. The Labute approximate surface area is 152 Å². The van der Waals surface area contributed by atoms with Gasteiger partial charge in [0.15, 0.2) is 0 Å². The summed E-state index contributed by atoms with van der Waals surface area (Å²) in [6.07, 6.45) is 2.35. The number of rotatable bonds is 7. The third-order valence-corrected chi connectivity index (χ3v) is 3.55. The van der Waals surface area contributed by atoms with Gasteiger partial charge in [0.05, 0.1) is 0 Å². The number of benzene rings is 2. The molecule has 0 aliphatic carbocycles. The molecule has 2 aromatic carbocycles. The number of nitrogens with one attached hydrogen (secondary N) is 2. The molecule has 6 heteroatoms. The highest BCUT2D eigenvalue weighted by Gasteiger charge is 2.09. The fourth-order valence-corrected chi connectivity index (χ4v) is 2.26. The highest BCUT2D eigenvalue weighted by atomic mass is 16.5. The molecule has 0 fully saturated rings. The van der Waals surface area contributed by atoms with E-state index >= 15 is 0 Å². The number of ether oxygens (including phenoxy) is 1. The van der Waals surface area contributed by atoms with E-state index in [1.54, 1.807) is 30.3 Å². The lowest BCUT2D eigenvalue weighted by Crippen LogP contribution is -2.14. The Morgan fingerprint density at radius 1 is 1.00 bits per heavy atom. The molecule has 0 bridgehead atoms. The molecule has 3 rings (SSSR count). The first-order valence-corrected chi connectivity index (χ1v) is 8.45. The van der Waals surface area contributed by atoms with E-state index in [1.807, 2.05) is 30.3 Å². The van der Waals surface area contributed by atoms with E-state index in [2.05, 4.69) is 27.5 Å². The predicted octanol–water partition coefficient (Wildman–Crippen LogP) is 4.34. The van der Waals surface area contributed by atoms with E-state index in [-0.39, 0.29) is 5.91 Å². The van der Waals surface area contributed by atoms with Gasteiger partial charge in [0.1, 0.15) is 29.3 Å². The van der Waals surface area contributed by atoms with Gasteiger partial charge in [-0.3, -0.25) is 4.79 Å². The number of aromatic nitrogens is 2. The van der Waals surface area contributed by atoms with Gasteiger partial charge in [-0.15, -0.1) is 0 Å². The molecule has 0 aliphatic rings. The molecule has 0 spiro atoms. The monoisotopic (exact) mass is 348 g/mol. The van der Waals surface area contributed by atoms with E-state index in [9.17, 15) is 4.79 Å². The first-order chi connectivity index (χ1) is 12.7. The lowest BCUT2D eigenvalue weighted by atomic mass is 10.2. The summed E-state index contributed by atoms with van der Waals surface area (Å²) in [5.74, 6) is 1.81. The van der Waals surface area contributed by atoms with Crippen LogP contribution in [0.2, 0.25) is 0 Å². The lowest BCUT2D eigenvalue weighted by Gasteiger charge is -2.08. The Morgan fingerprint density at radius 2 is 1.73 bits per heavy atom. The topological polar surface area (TPSA) is 76.1 Å². The molecule has 1 aromatic heterocycles. The molecular formula is C20H20N4O2. The maximum atomic E-state index is 12.4. The molecule has 26 heavy (non-hydrogen) atoms. The zero-order chi connectivity index (χ0) is 18.2. The average molecular weight is 348 g/mol. The summed E-state index contributed by atoms with van der Waals surface area (Å²) in [7, 11) is 0. The number of nitrogens with zero attached hydrogens (tertiary/aromatic N) is 2. The van der Waals surface area contributed by atoms with Gasteiger partial charge in [-0.05, 0) is 42.8 Å². The van der Waals surface area contributed by atoms with Crippen LogP contribution in [0.5, 0.6) is 11.5 Å². The van der Waals surface area contributed by atoms with Crippen LogP contribution in [-0.4, -0.2) is 22.4 Å². The minimum absolute atomic E-state index is 0.288. The van der Waals surface area contributed by atoms with Gasteiger partial charge >= 0.3 is 0 Å². The van der Waals surface area contributed by atoms with Crippen LogP contribution in [-0.2, 0) is 0 Å². The number of carbonyl (C=O) groups excluding carboxylic acids is 1. The zero-order valence-corrected chi connectivity index (χ0v) is 14.5. The largest absolute Gasteiger partial charge is 0.457 e. The van der Waals surface area contributed by atoms with Gasteiger partial charge in [0.25, 0.3) is 5.91 Å². The summed E-state index contributed by atoms with van der Waals surface area (Å²) in [5, 5.41) is 5.96. The molecule has 0 unspecified atom stereocenters. The highest BCUT2D eigenvalue weighted by Crippen LogP contribution is 2.22. The first-order valence-electron chi connectivity index (χ1n) is 8.45. The molecule has 0 saturated heterocycles. The van der Waals surface area contributed by atoms with Crippen molar-refractivity contribution in [2.45, 2.75) is 13.3 Å². The predicted molar refractivity (Wildman–Crippen MR) is 102 cm³/mol. The van der Waals surface area contributed by atoms with Crippen LogP contribution in [0.4, 0.5) is 11.5 Å². The van der Waals surface area contributed by atoms with Gasteiger partial charge in [-0.1, -0.05) is 25.1 Å². The molecule has 0 atom stereocenters. The Balaban J connectivity index is 1.62. The van der Waals surface area contributed by atoms with Crippen LogP contribution in [0.25, 0.3) is 0 Å². The van der Waals surface area contributed by atoms with Crippen molar-refractivity contribution in [1.82, 2.24) is 9.97 Å². The Bertz CT molecular complexity index is 851. The van der Waals surface area contributed by atoms with E-state index < -0.39 is 0 Å². The highest BCUT2D eigenvalue weighted by molar-refractivity contribution is 6.03. The summed E-state index contributed by atoms with van der Waals surface area (Å²) in [6, 6.07) is 18.3. The molecule has 0 saturated carbocycles. The molecular weight excluding hydrogens is 328 g/mol. The van der Waals surface area contributed by atoms with Crippen LogP contribution in [0.1, 0.15) is 23.8 Å². The van der Waals surface area contributed by atoms with Crippen LogP contribution in [0.3, 0.4) is 0 Å². The molecule has 0 aliphatic heterocycles. The van der Waals surface area contributed by atoms with Crippen molar-refractivity contribution in [3.63, 3.8) is 0 Å². The second-order valence-electron chi connectivity index (χ2n) is 5.61. The van der Waals surface area contributed by atoms with Gasteiger partial charge < -0.3 is 15.4 Å². The van der Waals surface area contributed by atoms with Gasteiger partial charge in [0, 0.05) is 18.3 Å². The molecule has 1 heterocycles. The van der Waals surface area contributed by atoms with Crippen LogP contribution < -0.4 is 15.4 Å². The second-order valence-corrected chi connectivity index (χ2v) is 5.61. The average Bonchev–Trinajstić information content (AvgIpc) is 2.69. The van der Waals surface area contributed by atoms with Crippen LogP contribution in [0, 0.1) is 0 Å². The number of hydrogen-bond donors (Lipinski definition) is 2. The Hall–Kier alpha value is -3.41. The Kier molecular flexibility index (Phi) is 5.77. The Morgan fingerprint density at radius 3 is 2.46 bits per heavy atom. The number of hydrogen-bond acceptors (Lipinski definition) is 5. The summed E-state index contributed by atoms with van der Waals surface area (Å²) in [6.45, 7) is 2.86. The SMILES string of the molecule is CCCNc1cc(C(=O)Nc2ccc(Oc3ccccc3)cc2)ncn1. The molecule has 2 N–H and O–H groups in total. The number of carbonyl (C=O) groups is 1. The van der Waals surface area contributed by atoms with Crippen molar-refractivity contribution >= 4 is 17.4 Å². The third-order valence-electron chi connectivity index (χ3n) is 3.55. The lowest BCUT2D eigenvalue weighted by molar-refractivity contribution is 0.102. The van der Waals surface area contributed by atoms with Crippen molar-refractivity contribution in [3.8, 4) is 11.5 Å². The molecule has 3 aromatic rings. The fourth-order valence-electron chi connectivity index (χ4n) is 2.26. The standard InChI is InChI=1S/C20H20N4O2/c1-2-12-21-19-13-18(22-14-23-19)20(25)24-15-8-10-17(11-9-15)26-16-6-4-3-5-7-16/h3-11,13-14H,2,12H2,1H3,(H,24,25)(H,21,22,23). The summed E-state index contributed by atoms with van der Waals surface area (Å²) < 4.78 is 5.73. The number of para-hydroxylation sites is 1. The third kappa shape index (κ3) is 4.80. The van der Waals surface area contributed by atoms with Crippen molar-refractivity contribution in [3.05, 3.63) is 72.7 Å². The van der Waals surface area contributed by atoms with Gasteiger partial charge in [0.2, 0.25) is 0 Å². The number of amides is 1. The van der Waals surface area contributed by atoms with E-state index in [1.165, 1.54) is 6.33 Å². The van der Waals surface area contributed by atoms with Gasteiger partial charge in [-0.2, -0.15) is 0 Å². The minimum atomic E-state index is -0.288. The van der Waals surface area contributed by atoms with Crippen molar-refractivity contribution in [2.24, 2.45) is 0 Å². The van der Waals surface area contributed by atoms with Crippen LogP contribution >= 0.6 is 0 Å². The fraction of sp³-hybridized carbons (Fsp3) is 0.150. The second kappa shape index (κ2) is 8.62. The molecule has 1 amide bonds. The maximum Gasteiger partial charge on any atom is 0.274 e. The normalized spacial score (nSPS) is 10.2. The summed E-state index contributed by atoms with van der Waals surface area (Å²) in [5.41, 5.74) is 0.973. The van der Waals surface area contributed by atoms with E-state index in [0.29, 0.717) is 22.9 Å². The molecule has 0 radical (unpaired) electrons. The smallest absolute Gasteiger partial charge is 0.274 e. The summed E-state index contributed by atoms with van der Waals surface area (Å²) >= 11 is 0. The first kappa shape index (κ1) is 17.4. The van der Waals surface area contributed by atoms with Crippen molar-refractivity contribution in [1.29, 1.82) is 0 Å². The van der Waals surface area contributed by atoms with Crippen LogP contribution in [0.15, 0.2) is 67.0 Å². The van der Waals surface area contributed by atoms with Crippen molar-refractivity contribution in [2.75, 3.05) is 17.2 Å². The van der Waals surface area contributed by atoms with Crippen molar-refractivity contribution < 1.29 is 9.53 Å². The van der Waals surface area contributed by atoms with Gasteiger partial charge in [-0.25, -0.2) is 9.97 Å². The van der Waals surface area contributed by atoms with E-state index in [4.69, 9.17) is 4.74 Å². The number of anilines is 2. The molecule has 6 nitrogen and oxygen atoms in total. The van der Waals surface area contributed by atoms with E-state index in [0.717, 1.165) is 18.7 Å². The summed E-state index contributed by atoms with van der Waals surface area (Å²) in [4.78, 5) is 20.5. The molecule has 132 valence electrons. The maximum absolute atomic E-state index is 12.4.